The van der Waals surface area contributed by atoms with Crippen molar-refractivity contribution in [3.8, 4) is 0 Å². The highest BCUT2D eigenvalue weighted by Gasteiger charge is 2.20. The van der Waals surface area contributed by atoms with Gasteiger partial charge in [-0.3, -0.25) is 19.4 Å². The molecule has 0 radical (unpaired) electrons. The second-order valence-corrected chi connectivity index (χ2v) is 9.66. The summed E-state index contributed by atoms with van der Waals surface area (Å²) in [6.45, 7) is 3.32. The van der Waals surface area contributed by atoms with E-state index >= 15 is 0 Å². The van der Waals surface area contributed by atoms with E-state index in [0.29, 0.717) is 32.7 Å². The molecule has 0 spiro atoms. The number of sulfonamides is 1. The van der Waals surface area contributed by atoms with Gasteiger partial charge in [-0.1, -0.05) is 12.1 Å². The second kappa shape index (κ2) is 13.4. The minimum atomic E-state index is -4.23. The highest BCUT2D eigenvalue weighted by Crippen LogP contribution is 2.12. The smallest absolute Gasteiger partial charge is 0.269 e. The van der Waals surface area contributed by atoms with Crippen LogP contribution in [-0.4, -0.2) is 57.4 Å². The molecule has 0 saturated heterocycles. The molecule has 3 amide bonds. The van der Waals surface area contributed by atoms with E-state index in [0.717, 1.165) is 11.8 Å². The van der Waals surface area contributed by atoms with E-state index < -0.39 is 27.7 Å². The van der Waals surface area contributed by atoms with Crippen LogP contribution in [0.3, 0.4) is 0 Å². The molecule has 0 unspecified atom stereocenters. The Morgan fingerprint density at radius 2 is 1.50 bits per heavy atom. The van der Waals surface area contributed by atoms with Crippen molar-refractivity contribution in [2.45, 2.75) is 18.2 Å². The first-order valence-electron chi connectivity index (χ1n) is 11.7. The number of carbonyl (C=O) groups excluding carboxylic acids is 3. The van der Waals surface area contributed by atoms with Crippen LogP contribution >= 0.6 is 0 Å². The predicted molar refractivity (Wildman–Crippen MR) is 137 cm³/mol. The number of benzene rings is 2. The molecule has 0 bridgehead atoms. The zero-order valence-electron chi connectivity index (χ0n) is 20.6. The van der Waals surface area contributed by atoms with E-state index in [4.69, 9.17) is 4.74 Å². The lowest BCUT2D eigenvalue weighted by molar-refractivity contribution is 0.0914. The highest BCUT2D eigenvalue weighted by molar-refractivity contribution is 7.90. The third-order valence-electron chi connectivity index (χ3n) is 5.26. The largest absolute Gasteiger partial charge is 0.380 e. The maximum atomic E-state index is 13.0. The molecule has 0 aliphatic heterocycles. The molecule has 200 valence electrons. The molecule has 3 N–H and O–H groups in total. The summed E-state index contributed by atoms with van der Waals surface area (Å²) in [5.74, 6) is -2.13. The minimum absolute atomic E-state index is 0.0587. The average Bonchev–Trinajstić information content (AvgIpc) is 2.92. The Morgan fingerprint density at radius 3 is 2.13 bits per heavy atom. The van der Waals surface area contributed by atoms with E-state index in [2.05, 4.69) is 15.6 Å². The van der Waals surface area contributed by atoms with Crippen LogP contribution in [0.5, 0.6) is 0 Å². The van der Waals surface area contributed by atoms with E-state index in [9.17, 15) is 27.2 Å². The highest BCUT2D eigenvalue weighted by atomic mass is 32.2. The number of rotatable bonds is 12. The number of hydrogen-bond donors (Lipinski definition) is 3. The first-order valence-corrected chi connectivity index (χ1v) is 13.2. The Morgan fingerprint density at radius 1 is 0.842 bits per heavy atom. The molecule has 12 heteroatoms. The quantitative estimate of drug-likeness (QED) is 0.297. The fourth-order valence-corrected chi connectivity index (χ4v) is 4.21. The molecular weight excluding hydrogens is 515 g/mol. The molecule has 0 saturated carbocycles. The third-order valence-corrected chi connectivity index (χ3v) is 6.61. The summed E-state index contributed by atoms with van der Waals surface area (Å²) >= 11 is 0. The van der Waals surface area contributed by atoms with Crippen LogP contribution in [-0.2, 0) is 21.2 Å². The molecule has 3 aromatic rings. The topological polar surface area (TPSA) is 144 Å². The van der Waals surface area contributed by atoms with E-state index in [-0.39, 0.29) is 27.5 Å². The Bertz CT molecular complexity index is 1360. The van der Waals surface area contributed by atoms with Crippen molar-refractivity contribution in [2.75, 3.05) is 26.3 Å². The summed E-state index contributed by atoms with van der Waals surface area (Å²) in [4.78, 5) is 40.5. The van der Waals surface area contributed by atoms with Crippen molar-refractivity contribution in [1.82, 2.24) is 20.3 Å². The van der Waals surface area contributed by atoms with E-state index in [1.807, 2.05) is 11.6 Å². The zero-order valence-corrected chi connectivity index (χ0v) is 21.4. The van der Waals surface area contributed by atoms with Gasteiger partial charge >= 0.3 is 0 Å². The number of amides is 3. The number of halogens is 1. The number of nitrogens with zero attached hydrogens (tertiary/aromatic N) is 1. The molecule has 0 atom stereocenters. The lowest BCUT2D eigenvalue weighted by Crippen LogP contribution is -2.31. The van der Waals surface area contributed by atoms with Crippen molar-refractivity contribution >= 4 is 27.7 Å². The molecule has 0 fully saturated rings. The van der Waals surface area contributed by atoms with Gasteiger partial charge in [-0.05, 0) is 67.4 Å². The number of hydrogen-bond acceptors (Lipinski definition) is 7. The van der Waals surface area contributed by atoms with Crippen LogP contribution in [0, 0.1) is 5.82 Å². The number of ether oxygens (including phenoxy) is 1. The maximum absolute atomic E-state index is 13.0. The molecule has 1 heterocycles. The lowest BCUT2D eigenvalue weighted by Gasteiger charge is -2.09. The summed E-state index contributed by atoms with van der Waals surface area (Å²) in [7, 11) is -4.23. The van der Waals surface area contributed by atoms with E-state index in [1.54, 1.807) is 12.1 Å². The summed E-state index contributed by atoms with van der Waals surface area (Å²) in [6, 6.07) is 13.6. The molecule has 3 rings (SSSR count). The molecule has 10 nitrogen and oxygen atoms in total. The molecule has 0 aliphatic carbocycles. The van der Waals surface area contributed by atoms with Gasteiger partial charge in [0.25, 0.3) is 27.7 Å². The van der Waals surface area contributed by atoms with Gasteiger partial charge in [-0.2, -0.15) is 0 Å². The Hall–Kier alpha value is -4.16. The van der Waals surface area contributed by atoms with Crippen LogP contribution in [0.15, 0.2) is 71.8 Å². The monoisotopic (exact) mass is 542 g/mol. The number of nitrogens with one attached hydrogen (secondary N) is 3. The fraction of sp³-hybridized carbons (Fsp3) is 0.231. The van der Waals surface area contributed by atoms with Crippen LogP contribution in [0.1, 0.15) is 43.7 Å². The molecule has 1 aromatic heterocycles. The van der Waals surface area contributed by atoms with Crippen molar-refractivity contribution in [3.05, 3.63) is 95.1 Å². The van der Waals surface area contributed by atoms with Crippen LogP contribution in [0.4, 0.5) is 4.39 Å². The summed E-state index contributed by atoms with van der Waals surface area (Å²) in [5.41, 5.74) is 1.09. The molecular formula is C26H27FN4O6S. The molecule has 0 aliphatic rings. The van der Waals surface area contributed by atoms with Gasteiger partial charge in [0.05, 0.1) is 17.1 Å². The van der Waals surface area contributed by atoms with Gasteiger partial charge in [0.2, 0.25) is 0 Å². The SMILES string of the molecule is CCOCCNC(=O)c1ccc(C(=O)NS(=O)(=O)c2ccc(C(=O)NCCc3ccc(F)cc3)cc2)cn1. The number of aromatic nitrogens is 1. The average molecular weight is 543 g/mol. The number of carbonyl (C=O) groups is 3. The Balaban J connectivity index is 1.53. The standard InChI is InChI=1S/C26H27FN4O6S/c1-2-37-16-15-29-26(34)23-12-7-20(17-30-23)25(33)31-38(35,36)22-10-5-19(6-11-22)24(32)28-14-13-18-3-8-21(27)9-4-18/h3-12,17H,2,13-16H2,1H3,(H,28,32)(H,29,34)(H,31,33). The summed E-state index contributed by atoms with van der Waals surface area (Å²) < 4.78 is 45.3. The summed E-state index contributed by atoms with van der Waals surface area (Å²) in [5, 5.41) is 5.32. The first kappa shape index (κ1) is 28.4. The Kier molecular flexibility index (Phi) is 10.0. The third kappa shape index (κ3) is 8.18. The number of pyridine rings is 1. The normalized spacial score (nSPS) is 11.0. The van der Waals surface area contributed by atoms with Crippen molar-refractivity contribution < 1.29 is 31.9 Å². The fourth-order valence-electron chi connectivity index (χ4n) is 3.23. The first-order chi connectivity index (χ1) is 18.2. The molecule has 2 aromatic carbocycles. The van der Waals surface area contributed by atoms with Gasteiger partial charge in [0, 0.05) is 31.5 Å². The van der Waals surface area contributed by atoms with Gasteiger partial charge in [-0.25, -0.2) is 17.5 Å². The van der Waals surface area contributed by atoms with Crippen LogP contribution in [0.2, 0.25) is 0 Å². The van der Waals surface area contributed by atoms with Crippen molar-refractivity contribution in [3.63, 3.8) is 0 Å². The maximum Gasteiger partial charge on any atom is 0.269 e. The van der Waals surface area contributed by atoms with Crippen molar-refractivity contribution in [1.29, 1.82) is 0 Å². The minimum Gasteiger partial charge on any atom is -0.380 e. The van der Waals surface area contributed by atoms with Gasteiger partial charge in [-0.15, -0.1) is 0 Å². The van der Waals surface area contributed by atoms with E-state index in [1.165, 1.54) is 48.5 Å². The van der Waals surface area contributed by atoms with Gasteiger partial charge in [0.15, 0.2) is 0 Å². The van der Waals surface area contributed by atoms with Crippen molar-refractivity contribution in [2.24, 2.45) is 0 Å². The predicted octanol–water partition coefficient (Wildman–Crippen LogP) is 2.08. The van der Waals surface area contributed by atoms with Gasteiger partial charge < -0.3 is 15.4 Å². The second-order valence-electron chi connectivity index (χ2n) is 7.98. The Labute approximate surface area is 219 Å². The van der Waals surface area contributed by atoms with Crippen LogP contribution in [0.25, 0.3) is 0 Å². The lowest BCUT2D eigenvalue weighted by atomic mass is 10.1. The molecule has 38 heavy (non-hydrogen) atoms. The summed E-state index contributed by atoms with van der Waals surface area (Å²) in [6.07, 6.45) is 1.60. The zero-order chi connectivity index (χ0) is 27.5. The van der Waals surface area contributed by atoms with Gasteiger partial charge in [0.1, 0.15) is 11.5 Å². The van der Waals surface area contributed by atoms with Crippen LogP contribution < -0.4 is 15.4 Å².